The van der Waals surface area contributed by atoms with Gasteiger partial charge in [0, 0.05) is 40.2 Å². The van der Waals surface area contributed by atoms with Gasteiger partial charge >= 0.3 is 23.9 Å². The van der Waals surface area contributed by atoms with Crippen molar-refractivity contribution in [2.45, 2.75) is 110 Å². The van der Waals surface area contributed by atoms with Crippen molar-refractivity contribution in [2.24, 2.45) is 39.9 Å². The van der Waals surface area contributed by atoms with E-state index in [1.807, 2.05) is 20.8 Å². The van der Waals surface area contributed by atoms with E-state index in [4.69, 9.17) is 23.4 Å². The second-order valence-electron chi connectivity index (χ2n) is 15.2. The van der Waals surface area contributed by atoms with Gasteiger partial charge in [0.05, 0.1) is 37.6 Å². The summed E-state index contributed by atoms with van der Waals surface area (Å²) in [4.78, 5) is 54.4. The second-order valence-corrected chi connectivity index (χ2v) is 15.2. The Balaban J connectivity index is 1.64. The van der Waals surface area contributed by atoms with Crippen molar-refractivity contribution in [2.75, 3.05) is 7.11 Å². The Kier molecular flexibility index (Phi) is 7.41. The summed E-state index contributed by atoms with van der Waals surface area (Å²) in [6.07, 6.45) is 0.399. The lowest BCUT2D eigenvalue weighted by Crippen LogP contribution is -2.80. The van der Waals surface area contributed by atoms with Crippen molar-refractivity contribution in [1.29, 1.82) is 0 Å². The summed E-state index contributed by atoms with van der Waals surface area (Å²) in [6.45, 7) is 12.5. The summed E-state index contributed by atoms with van der Waals surface area (Å²) in [5, 5.41) is 25.1. The molecule has 46 heavy (non-hydrogen) atoms. The predicted octanol–water partition coefficient (Wildman–Crippen LogP) is 4.20. The zero-order chi connectivity index (χ0) is 33.8. The first-order valence-corrected chi connectivity index (χ1v) is 16.4. The second kappa shape index (κ2) is 10.4. The maximum Gasteiger partial charge on any atom is 0.335 e. The minimum absolute atomic E-state index is 0.0770. The van der Waals surface area contributed by atoms with Gasteiger partial charge in [0.1, 0.15) is 6.10 Å². The van der Waals surface area contributed by atoms with Crippen molar-refractivity contribution in [3.63, 3.8) is 0 Å². The van der Waals surface area contributed by atoms with Crippen molar-refractivity contribution >= 4 is 23.9 Å². The Bertz CT molecular complexity index is 1500. The topological polar surface area (TPSA) is 159 Å². The first kappa shape index (κ1) is 32.7. The first-order valence-electron chi connectivity index (χ1n) is 16.4. The molecule has 11 nitrogen and oxygen atoms in total. The predicted molar refractivity (Wildman–Crippen MR) is 160 cm³/mol. The fraction of sp³-hybridized carbons (Fsp3) is 0.714. The van der Waals surface area contributed by atoms with Crippen molar-refractivity contribution in [3.8, 4) is 0 Å². The number of aliphatic hydroxyl groups is 2. The number of carbonyl (C=O) groups is 4. The largest absolute Gasteiger partial charge is 0.472 e. The maximum absolute atomic E-state index is 14.1. The number of rotatable bonds is 9. The highest BCUT2D eigenvalue weighted by molar-refractivity contribution is 5.95. The van der Waals surface area contributed by atoms with Gasteiger partial charge in [-0.1, -0.05) is 48.5 Å². The van der Waals surface area contributed by atoms with Gasteiger partial charge in [0.2, 0.25) is 0 Å². The number of methoxy groups -OCH3 is 1. The number of aliphatic hydroxyl groups excluding tert-OH is 1. The summed E-state index contributed by atoms with van der Waals surface area (Å²) in [5.74, 6) is -4.45. The third kappa shape index (κ3) is 3.78. The molecule has 3 fully saturated rings. The summed E-state index contributed by atoms with van der Waals surface area (Å²) < 4.78 is 29.3. The van der Waals surface area contributed by atoms with Crippen molar-refractivity contribution in [3.05, 3.63) is 35.3 Å². The number of hydrogen-bond donors (Lipinski definition) is 2. The molecule has 3 saturated carbocycles. The average molecular weight is 643 g/mol. The number of fused-ring (bicyclic) bond motifs is 3. The summed E-state index contributed by atoms with van der Waals surface area (Å²) in [6, 6.07) is 1.64. The summed E-state index contributed by atoms with van der Waals surface area (Å²) in [7, 11) is 1.30. The van der Waals surface area contributed by atoms with Crippen LogP contribution in [0.25, 0.3) is 0 Å². The van der Waals surface area contributed by atoms with Crippen molar-refractivity contribution < 1.29 is 52.8 Å². The highest BCUT2D eigenvalue weighted by Crippen LogP contribution is 2.82. The lowest BCUT2D eigenvalue weighted by atomic mass is 9.41. The fourth-order valence-electron chi connectivity index (χ4n) is 10.2. The molecule has 2 N–H and O–H groups in total. The summed E-state index contributed by atoms with van der Waals surface area (Å²) in [5.41, 5.74) is -5.95. The molecule has 0 unspecified atom stereocenters. The number of esters is 4. The van der Waals surface area contributed by atoms with E-state index in [9.17, 15) is 29.4 Å². The molecule has 1 aliphatic heterocycles. The van der Waals surface area contributed by atoms with E-state index < -0.39 is 93.3 Å². The fourth-order valence-corrected chi connectivity index (χ4v) is 10.2. The van der Waals surface area contributed by atoms with Crippen LogP contribution >= 0.6 is 0 Å². The van der Waals surface area contributed by atoms with E-state index in [-0.39, 0.29) is 18.4 Å². The zero-order valence-electron chi connectivity index (χ0n) is 27.9. The zero-order valence-corrected chi connectivity index (χ0v) is 27.9. The Labute approximate surface area is 269 Å². The molecule has 4 aliphatic carbocycles. The molecule has 11 atom stereocenters. The quantitative estimate of drug-likeness (QED) is 0.294. The van der Waals surface area contributed by atoms with Crippen LogP contribution in [0.15, 0.2) is 34.2 Å². The molecule has 5 aliphatic rings. The molecule has 0 radical (unpaired) electrons. The molecule has 2 bridgehead atoms. The van der Waals surface area contributed by atoms with E-state index in [1.165, 1.54) is 19.6 Å². The van der Waals surface area contributed by atoms with E-state index in [2.05, 4.69) is 0 Å². The van der Waals surface area contributed by atoms with Crippen LogP contribution in [-0.2, 0) is 38.1 Å². The normalized spacial score (nSPS) is 41.6. The third-order valence-corrected chi connectivity index (χ3v) is 12.7. The molecule has 11 heteroatoms. The van der Waals surface area contributed by atoms with Gasteiger partial charge in [-0.2, -0.15) is 0 Å². The highest BCUT2D eigenvalue weighted by Gasteiger charge is 2.93. The van der Waals surface area contributed by atoms with E-state index in [0.29, 0.717) is 30.4 Å². The molecule has 1 aromatic heterocycles. The Morgan fingerprint density at radius 3 is 2.41 bits per heavy atom. The Morgan fingerprint density at radius 1 is 1.13 bits per heavy atom. The van der Waals surface area contributed by atoms with Crippen LogP contribution in [-0.4, -0.2) is 64.6 Å². The Hall–Kier alpha value is -3.18. The van der Waals surface area contributed by atoms with Gasteiger partial charge in [-0.25, -0.2) is 4.79 Å². The van der Waals surface area contributed by atoms with Gasteiger partial charge in [0.15, 0.2) is 17.3 Å². The third-order valence-electron chi connectivity index (χ3n) is 12.7. The SMILES string of the molecule is CC[C@H](C)C(=O)O[C@H]1[C@@]2(C)C[C@@]3(OC(=O)C(C)C)[C@](C)([C@H]4CC[C@@](C)([C@@H](O)c5ccoc5)C5=C4[C@@H](OC5=O)[C@@]13O)[C@H]2CC(=O)OC. The van der Waals surface area contributed by atoms with Crippen LogP contribution in [0, 0.1) is 39.9 Å². The van der Waals surface area contributed by atoms with Gasteiger partial charge in [-0.15, -0.1) is 0 Å². The molecule has 6 rings (SSSR count). The molecule has 252 valence electrons. The monoisotopic (exact) mass is 642 g/mol. The molecule has 0 aromatic carbocycles. The molecule has 0 amide bonds. The minimum atomic E-state index is -2.20. The molecular weight excluding hydrogens is 596 g/mol. The van der Waals surface area contributed by atoms with Gasteiger partial charge in [-0.3, -0.25) is 14.4 Å². The van der Waals surface area contributed by atoms with Crippen LogP contribution in [0.2, 0.25) is 0 Å². The van der Waals surface area contributed by atoms with Gasteiger partial charge in [-0.05, 0) is 42.7 Å². The maximum atomic E-state index is 14.1. The first-order chi connectivity index (χ1) is 21.5. The van der Waals surface area contributed by atoms with E-state index in [1.54, 1.807) is 33.8 Å². The van der Waals surface area contributed by atoms with Crippen LogP contribution in [0.1, 0.15) is 92.2 Å². The van der Waals surface area contributed by atoms with Gasteiger partial charge in [0.25, 0.3) is 0 Å². The number of furan rings is 1. The molecular formula is C35H46O11. The van der Waals surface area contributed by atoms with Crippen LogP contribution in [0.3, 0.4) is 0 Å². The van der Waals surface area contributed by atoms with Gasteiger partial charge < -0.3 is 33.6 Å². The molecule has 0 saturated heterocycles. The lowest BCUT2D eigenvalue weighted by Gasteiger charge is -2.67. The number of ether oxygens (including phenoxy) is 4. The Morgan fingerprint density at radius 2 is 1.83 bits per heavy atom. The van der Waals surface area contributed by atoms with E-state index in [0.717, 1.165) is 0 Å². The van der Waals surface area contributed by atoms with Crippen LogP contribution < -0.4 is 0 Å². The molecule has 0 spiro atoms. The minimum Gasteiger partial charge on any atom is -0.472 e. The molecule has 1 aromatic rings. The standard InChI is InChI=1S/C35H46O11/c1-9-18(4)28(39)45-30-32(6)16-34(46-27(38)17(2)3)33(7,21(32)14-22(36)42-8)20-10-12-31(5,25(37)19-11-13-43-15-19)24-23(20)26(35(30,34)41)44-29(24)40/h11,13,15,17-18,20-21,25-26,30,37,41H,9-10,12,14,16H2,1-8H3/t18-,20-,21-,25-,26+,30-,31+,32-,33+,34+,35+/m0/s1. The number of hydrogen-bond acceptors (Lipinski definition) is 11. The average Bonchev–Trinajstić information content (AvgIpc) is 3.75. The van der Waals surface area contributed by atoms with Crippen LogP contribution in [0.4, 0.5) is 0 Å². The highest BCUT2D eigenvalue weighted by atomic mass is 16.6. The van der Waals surface area contributed by atoms with E-state index >= 15 is 0 Å². The van der Waals surface area contributed by atoms with Crippen molar-refractivity contribution in [1.82, 2.24) is 0 Å². The smallest absolute Gasteiger partial charge is 0.335 e. The van der Waals surface area contributed by atoms with Crippen LogP contribution in [0.5, 0.6) is 0 Å². The number of carbonyl (C=O) groups excluding carboxylic acids is 4. The lowest BCUT2D eigenvalue weighted by molar-refractivity contribution is -0.316. The molecule has 2 heterocycles. The summed E-state index contributed by atoms with van der Waals surface area (Å²) >= 11 is 0.